The molecule has 3 aromatic rings. The molecule has 0 radical (unpaired) electrons. The first-order valence-electron chi connectivity index (χ1n) is 9.03. The van der Waals surface area contributed by atoms with Gasteiger partial charge in [0.25, 0.3) is 0 Å². The number of carboxylic acid groups (broad SMARTS) is 2. The molecule has 0 aliphatic carbocycles. The summed E-state index contributed by atoms with van der Waals surface area (Å²) in [5.41, 5.74) is 3.87. The van der Waals surface area contributed by atoms with Crippen molar-refractivity contribution in [1.29, 1.82) is 0 Å². The van der Waals surface area contributed by atoms with Crippen LogP contribution in [-0.4, -0.2) is 22.2 Å². The molecule has 0 saturated carbocycles. The highest BCUT2D eigenvalue weighted by molar-refractivity contribution is 5.87. The fourth-order valence-corrected chi connectivity index (χ4v) is 3.18. The van der Waals surface area contributed by atoms with Crippen molar-refractivity contribution in [2.75, 3.05) is 0 Å². The summed E-state index contributed by atoms with van der Waals surface area (Å²) in [6.07, 6.45) is 0. The molecule has 0 heterocycles. The molecule has 5 heteroatoms. The first-order valence-corrected chi connectivity index (χ1v) is 9.03. The highest BCUT2D eigenvalue weighted by Gasteiger charge is 2.13. The fraction of sp³-hybridized carbons (Fsp3) is 0.130. The SMILES string of the molecule is O=C(O)c1ccc(C[NH+](Cc2ccccc2)Cc2ccc(C(=O)O)cc2)cc1. The third-order valence-corrected chi connectivity index (χ3v) is 4.61. The molecule has 142 valence electrons. The lowest BCUT2D eigenvalue weighted by Gasteiger charge is -2.20. The van der Waals surface area contributed by atoms with E-state index in [0.29, 0.717) is 0 Å². The summed E-state index contributed by atoms with van der Waals surface area (Å²) in [6.45, 7) is 2.27. The Hall–Kier alpha value is -3.44. The molecular weight excluding hydrogens is 354 g/mol. The minimum atomic E-state index is -0.932. The minimum absolute atomic E-state index is 0.276. The van der Waals surface area contributed by atoms with Crippen LogP contribution in [-0.2, 0) is 19.6 Å². The fourth-order valence-electron chi connectivity index (χ4n) is 3.18. The van der Waals surface area contributed by atoms with Gasteiger partial charge in [0.05, 0.1) is 11.1 Å². The van der Waals surface area contributed by atoms with E-state index < -0.39 is 11.9 Å². The monoisotopic (exact) mass is 376 g/mol. The van der Waals surface area contributed by atoms with Gasteiger partial charge in [0.15, 0.2) is 0 Å². The summed E-state index contributed by atoms with van der Waals surface area (Å²) in [6, 6.07) is 24.1. The molecule has 0 saturated heterocycles. The van der Waals surface area contributed by atoms with Crippen LogP contribution in [0.5, 0.6) is 0 Å². The molecular formula is C23H22NO4+. The third-order valence-electron chi connectivity index (χ3n) is 4.61. The van der Waals surface area contributed by atoms with E-state index in [1.54, 1.807) is 24.3 Å². The quantitative estimate of drug-likeness (QED) is 0.565. The second-order valence-electron chi connectivity index (χ2n) is 6.77. The Morgan fingerprint density at radius 1 is 0.571 bits per heavy atom. The van der Waals surface area contributed by atoms with Crippen LogP contribution in [0.25, 0.3) is 0 Å². The molecule has 3 rings (SSSR count). The maximum atomic E-state index is 11.0. The second-order valence-corrected chi connectivity index (χ2v) is 6.77. The van der Waals surface area contributed by atoms with Crippen LogP contribution in [0.15, 0.2) is 78.9 Å². The van der Waals surface area contributed by atoms with Gasteiger partial charge in [-0.15, -0.1) is 0 Å². The van der Waals surface area contributed by atoms with Crippen molar-refractivity contribution in [2.24, 2.45) is 0 Å². The van der Waals surface area contributed by atoms with E-state index in [1.807, 2.05) is 42.5 Å². The average molecular weight is 376 g/mol. The van der Waals surface area contributed by atoms with Gasteiger partial charge in [0.2, 0.25) is 0 Å². The number of quaternary nitrogens is 1. The van der Waals surface area contributed by atoms with E-state index in [0.717, 1.165) is 30.8 Å². The van der Waals surface area contributed by atoms with Gasteiger partial charge in [-0.2, -0.15) is 0 Å². The van der Waals surface area contributed by atoms with Crippen molar-refractivity contribution in [3.8, 4) is 0 Å². The average Bonchev–Trinajstić information content (AvgIpc) is 2.69. The highest BCUT2D eigenvalue weighted by Crippen LogP contribution is 2.06. The summed E-state index contributed by atoms with van der Waals surface area (Å²) >= 11 is 0. The number of benzene rings is 3. The molecule has 0 amide bonds. The topological polar surface area (TPSA) is 79.0 Å². The largest absolute Gasteiger partial charge is 0.478 e. The third kappa shape index (κ3) is 5.28. The van der Waals surface area contributed by atoms with E-state index in [-0.39, 0.29) is 11.1 Å². The van der Waals surface area contributed by atoms with Gasteiger partial charge >= 0.3 is 11.9 Å². The zero-order valence-electron chi connectivity index (χ0n) is 15.3. The van der Waals surface area contributed by atoms with Crippen molar-refractivity contribution in [1.82, 2.24) is 0 Å². The lowest BCUT2D eigenvalue weighted by molar-refractivity contribution is -0.941. The smallest absolute Gasteiger partial charge is 0.335 e. The zero-order chi connectivity index (χ0) is 19.9. The molecule has 0 spiro atoms. The first-order chi connectivity index (χ1) is 13.5. The van der Waals surface area contributed by atoms with Gasteiger partial charge in [-0.05, 0) is 24.3 Å². The molecule has 3 aromatic carbocycles. The van der Waals surface area contributed by atoms with Gasteiger partial charge in [-0.3, -0.25) is 0 Å². The van der Waals surface area contributed by atoms with Gasteiger partial charge in [0.1, 0.15) is 19.6 Å². The zero-order valence-corrected chi connectivity index (χ0v) is 15.3. The predicted molar refractivity (Wildman–Crippen MR) is 105 cm³/mol. The molecule has 0 aliphatic heterocycles. The van der Waals surface area contributed by atoms with Crippen LogP contribution in [0.4, 0.5) is 0 Å². The maximum absolute atomic E-state index is 11.0. The summed E-state index contributed by atoms with van der Waals surface area (Å²) in [7, 11) is 0. The lowest BCUT2D eigenvalue weighted by Crippen LogP contribution is -3.08. The molecule has 0 unspecified atom stereocenters. The van der Waals surface area contributed by atoms with Crippen LogP contribution < -0.4 is 4.90 Å². The molecule has 0 aliphatic rings. The van der Waals surface area contributed by atoms with Gasteiger partial charge in [-0.1, -0.05) is 54.6 Å². The Kier molecular flexibility index (Phi) is 6.19. The number of rotatable bonds is 8. The number of carboxylic acids is 2. The van der Waals surface area contributed by atoms with Crippen molar-refractivity contribution in [2.45, 2.75) is 19.6 Å². The molecule has 3 N–H and O–H groups in total. The number of carbonyl (C=O) groups is 2. The number of hydrogen-bond acceptors (Lipinski definition) is 2. The number of nitrogens with one attached hydrogen (secondary N) is 1. The molecule has 0 bridgehead atoms. The van der Waals surface area contributed by atoms with E-state index in [9.17, 15) is 9.59 Å². The Bertz CT molecular complexity index is 875. The summed E-state index contributed by atoms with van der Waals surface area (Å²) in [4.78, 5) is 23.4. The Labute approximate surface area is 163 Å². The van der Waals surface area contributed by atoms with Crippen LogP contribution in [0.1, 0.15) is 37.4 Å². The van der Waals surface area contributed by atoms with Crippen LogP contribution in [0, 0.1) is 0 Å². The standard InChI is InChI=1S/C23H21NO4/c25-22(26)20-10-6-18(7-11-20)15-24(14-17-4-2-1-3-5-17)16-19-8-12-21(13-9-19)23(27)28/h1-13H,14-16H2,(H,25,26)(H,27,28)/p+1. The second kappa shape index (κ2) is 8.97. The van der Waals surface area contributed by atoms with Gasteiger partial charge in [-0.25, -0.2) is 9.59 Å². The molecule has 0 atom stereocenters. The van der Waals surface area contributed by atoms with E-state index >= 15 is 0 Å². The summed E-state index contributed by atoms with van der Waals surface area (Å²) in [5.74, 6) is -1.86. The van der Waals surface area contributed by atoms with Gasteiger partial charge < -0.3 is 15.1 Å². The van der Waals surface area contributed by atoms with E-state index in [4.69, 9.17) is 10.2 Å². The Morgan fingerprint density at radius 3 is 1.29 bits per heavy atom. The number of hydrogen-bond donors (Lipinski definition) is 3. The van der Waals surface area contributed by atoms with Crippen LogP contribution in [0.2, 0.25) is 0 Å². The van der Waals surface area contributed by atoms with Crippen molar-refractivity contribution >= 4 is 11.9 Å². The molecule has 0 aromatic heterocycles. The first kappa shape index (κ1) is 19.3. The minimum Gasteiger partial charge on any atom is -0.478 e. The highest BCUT2D eigenvalue weighted by atomic mass is 16.4. The predicted octanol–water partition coefficient (Wildman–Crippen LogP) is 2.87. The number of aromatic carboxylic acids is 2. The Morgan fingerprint density at radius 2 is 0.929 bits per heavy atom. The van der Waals surface area contributed by atoms with E-state index in [1.165, 1.54) is 10.5 Å². The van der Waals surface area contributed by atoms with Crippen molar-refractivity contribution in [3.05, 3.63) is 107 Å². The molecule has 5 nitrogen and oxygen atoms in total. The maximum Gasteiger partial charge on any atom is 0.335 e. The normalized spacial score (nSPS) is 10.8. The van der Waals surface area contributed by atoms with Gasteiger partial charge in [0, 0.05) is 16.7 Å². The molecule has 28 heavy (non-hydrogen) atoms. The lowest BCUT2D eigenvalue weighted by atomic mass is 10.1. The molecule has 0 fully saturated rings. The van der Waals surface area contributed by atoms with Crippen LogP contribution in [0.3, 0.4) is 0 Å². The summed E-state index contributed by atoms with van der Waals surface area (Å²) < 4.78 is 0. The van der Waals surface area contributed by atoms with Crippen molar-refractivity contribution in [3.63, 3.8) is 0 Å². The summed E-state index contributed by atoms with van der Waals surface area (Å²) in [5, 5.41) is 18.1. The van der Waals surface area contributed by atoms with E-state index in [2.05, 4.69) is 12.1 Å². The van der Waals surface area contributed by atoms with Crippen LogP contribution >= 0.6 is 0 Å². The Balaban J connectivity index is 1.77. The van der Waals surface area contributed by atoms with Crippen molar-refractivity contribution < 1.29 is 24.7 Å².